The normalized spacial score (nSPS) is 22.2. The summed E-state index contributed by atoms with van der Waals surface area (Å²) in [7, 11) is 0. The smallest absolute Gasteiger partial charge is 0.0622 e. The molecule has 0 bridgehead atoms. The lowest BCUT2D eigenvalue weighted by Gasteiger charge is -2.22. The highest BCUT2D eigenvalue weighted by Crippen LogP contribution is 2.55. The van der Waals surface area contributed by atoms with Crippen molar-refractivity contribution >= 4 is 11.1 Å². The molecule has 0 nitrogen and oxygen atoms in total. The maximum Gasteiger partial charge on any atom is 0.0654 e. The Balaban J connectivity index is 1.91. The van der Waals surface area contributed by atoms with Gasteiger partial charge in [-0.1, -0.05) is 127 Å². The van der Waals surface area contributed by atoms with Crippen molar-refractivity contribution in [3.63, 3.8) is 0 Å². The predicted molar refractivity (Wildman–Crippen MR) is 138 cm³/mol. The van der Waals surface area contributed by atoms with Gasteiger partial charge in [0.2, 0.25) is 0 Å². The molecular formula is C33H21. The highest BCUT2D eigenvalue weighted by atomic mass is 14.4. The Morgan fingerprint density at radius 3 is 1.15 bits per heavy atom. The van der Waals surface area contributed by atoms with E-state index in [1.807, 2.05) is 0 Å². The molecule has 0 fully saturated rings. The van der Waals surface area contributed by atoms with Gasteiger partial charge in [0, 0.05) is 0 Å². The van der Waals surface area contributed by atoms with Crippen molar-refractivity contribution in [3.05, 3.63) is 161 Å². The third-order valence-corrected chi connectivity index (χ3v) is 5.50. The molecule has 0 amide bonds. The van der Waals surface area contributed by atoms with E-state index in [2.05, 4.69) is 0 Å². The first-order chi connectivity index (χ1) is 25.1. The molecular weight excluding hydrogens is 396 g/mol. The van der Waals surface area contributed by atoms with Crippen LogP contribution in [0.15, 0.2) is 127 Å². The number of benzene rings is 5. The molecule has 0 saturated carbocycles. The Hall–Kier alpha value is -4.16. The number of rotatable bonds is 2. The van der Waals surface area contributed by atoms with E-state index >= 15 is 0 Å². The second kappa shape index (κ2) is 7.18. The summed E-state index contributed by atoms with van der Waals surface area (Å²) in [6, 6.07) is -17.4. The molecule has 5 aromatic rings. The van der Waals surface area contributed by atoms with Crippen LogP contribution in [0.3, 0.4) is 0 Å². The molecule has 1 radical (unpaired) electrons. The van der Waals surface area contributed by atoms with Gasteiger partial charge in [0.15, 0.2) is 0 Å². The fourth-order valence-corrected chi connectivity index (χ4v) is 4.25. The summed E-state index contributed by atoms with van der Waals surface area (Å²) in [5.74, 6) is -0.550. The Morgan fingerprint density at radius 2 is 0.697 bits per heavy atom. The van der Waals surface area contributed by atoms with Crippen molar-refractivity contribution in [2.24, 2.45) is 0 Å². The first kappa shape index (κ1) is 7.17. The summed E-state index contributed by atoms with van der Waals surface area (Å²) < 4.78 is 184. The number of fused-ring (bicyclic) bond motifs is 6. The minimum absolute atomic E-state index is 0.438. The summed E-state index contributed by atoms with van der Waals surface area (Å²) in [6.07, 6.45) is 0. The van der Waals surface area contributed by atoms with Crippen LogP contribution in [0.5, 0.6) is 0 Å². The van der Waals surface area contributed by atoms with Crippen LogP contribution in [0.2, 0.25) is 0 Å². The molecule has 2 aliphatic rings. The largest absolute Gasteiger partial charge is 0.0654 e. The van der Waals surface area contributed by atoms with E-state index in [0.29, 0.717) is 0 Å². The Bertz CT molecular complexity index is 2500. The van der Waals surface area contributed by atoms with Crippen molar-refractivity contribution < 1.29 is 28.8 Å². The fraction of sp³-hybridized carbons (Fsp3) is 0. The van der Waals surface area contributed by atoms with Crippen molar-refractivity contribution in [1.82, 2.24) is 0 Å². The molecule has 0 heterocycles. The Kier molecular flexibility index (Phi) is 1.56. The predicted octanol–water partition coefficient (Wildman–Crippen LogP) is 8.28. The third kappa shape index (κ3) is 2.64. The lowest BCUT2D eigenvalue weighted by Crippen LogP contribution is -2.05. The summed E-state index contributed by atoms with van der Waals surface area (Å²) in [4.78, 5) is 0. The summed E-state index contributed by atoms with van der Waals surface area (Å²) in [5.41, 5.74) is -5.73. The van der Waals surface area contributed by atoms with E-state index in [1.165, 1.54) is 0 Å². The van der Waals surface area contributed by atoms with Gasteiger partial charge in [0.25, 0.3) is 0 Å². The monoisotopic (exact) mass is 438 g/mol. The van der Waals surface area contributed by atoms with Crippen molar-refractivity contribution in [1.29, 1.82) is 0 Å². The van der Waals surface area contributed by atoms with Crippen LogP contribution in [-0.2, 0) is 0 Å². The Labute approximate surface area is 224 Å². The van der Waals surface area contributed by atoms with Gasteiger partial charge in [-0.3, -0.25) is 0 Å². The lowest BCUT2D eigenvalue weighted by atomic mass is 9.80. The van der Waals surface area contributed by atoms with Crippen molar-refractivity contribution in [2.45, 2.75) is 0 Å². The third-order valence-electron chi connectivity index (χ3n) is 5.50. The van der Waals surface area contributed by atoms with Crippen LogP contribution in [0.4, 0.5) is 0 Å². The lowest BCUT2D eigenvalue weighted by molar-refractivity contribution is 1.36. The second-order valence-electron chi connectivity index (χ2n) is 7.12. The average molecular weight is 439 g/mol. The first-order valence-corrected chi connectivity index (χ1v) is 9.75. The van der Waals surface area contributed by atoms with Crippen LogP contribution in [0.1, 0.15) is 56.6 Å². The standard InChI is InChI=1S/C33H21/c1-2-12-22(13-3-1)31(32-27-18-8-4-14-23(27)24-15-5-9-19-28(24)32)33-29-20-10-6-16-25(29)26-17-7-11-21-30(26)33/h1-21H/i1D,2D,3D,4D,5D,6D,7D,8D,9D,10D,11D,12D,13D,14D,15D,16D,17D,18D,19D,20D,21D. The molecule has 5 aromatic carbocycles. The van der Waals surface area contributed by atoms with Crippen LogP contribution >= 0.6 is 0 Å². The summed E-state index contributed by atoms with van der Waals surface area (Å²) >= 11 is 0. The maximum absolute atomic E-state index is 9.10. The van der Waals surface area contributed by atoms with Crippen LogP contribution < -0.4 is 0 Å². The van der Waals surface area contributed by atoms with Gasteiger partial charge in [-0.2, -0.15) is 0 Å². The molecule has 0 heteroatoms. The summed E-state index contributed by atoms with van der Waals surface area (Å²) in [6.45, 7) is 0. The zero-order chi connectivity index (χ0) is 40.1. The molecule has 0 unspecified atom stereocenters. The van der Waals surface area contributed by atoms with E-state index < -0.39 is 194 Å². The van der Waals surface area contributed by atoms with Gasteiger partial charge in [0.1, 0.15) is 0 Å². The van der Waals surface area contributed by atoms with E-state index in [0.717, 1.165) is 0 Å². The molecule has 0 atom stereocenters. The molecule has 0 N–H and O–H groups in total. The Morgan fingerprint density at radius 1 is 0.364 bits per heavy atom. The first-order valence-electron chi connectivity index (χ1n) is 20.2. The maximum atomic E-state index is 9.10. The fourth-order valence-electron chi connectivity index (χ4n) is 4.25. The second-order valence-corrected chi connectivity index (χ2v) is 7.12. The van der Waals surface area contributed by atoms with Crippen molar-refractivity contribution in [2.75, 3.05) is 0 Å². The van der Waals surface area contributed by atoms with Gasteiger partial charge in [0.05, 0.1) is 34.7 Å². The van der Waals surface area contributed by atoms with E-state index in [9.17, 15) is 0 Å². The van der Waals surface area contributed by atoms with Crippen LogP contribution in [0, 0.1) is 5.92 Å². The van der Waals surface area contributed by atoms with E-state index in [-0.39, 0.29) is 0 Å². The van der Waals surface area contributed by atoms with Crippen LogP contribution in [0.25, 0.3) is 33.4 Å². The van der Waals surface area contributed by atoms with Crippen LogP contribution in [-0.4, -0.2) is 0 Å². The molecule has 0 aliphatic heterocycles. The van der Waals surface area contributed by atoms with Gasteiger partial charge in [-0.05, 0) is 61.2 Å². The molecule has 2 aliphatic carbocycles. The van der Waals surface area contributed by atoms with Crippen molar-refractivity contribution in [3.8, 4) is 22.3 Å². The van der Waals surface area contributed by atoms with Gasteiger partial charge >= 0.3 is 0 Å². The number of hydrogen-bond acceptors (Lipinski definition) is 0. The van der Waals surface area contributed by atoms with E-state index in [4.69, 9.17) is 28.8 Å². The minimum atomic E-state index is -0.940. The SMILES string of the molecule is [2H]c1c([2H])c([2H])c(C([C]2c3c([2H])c([2H])c([2H])c([2H])c3-c3c([2H])c([2H])c([2H])c([2H])c32)=C2c3c([2H])c([2H])c([2H])c([2H])c3-c3c([2H])c([2H])c([2H])c([2H])c32)c([2H])c1[2H]. The molecule has 0 spiro atoms. The minimum Gasteiger partial charge on any atom is -0.0622 e. The highest BCUT2D eigenvalue weighted by molar-refractivity contribution is 6.16. The zero-order valence-corrected chi connectivity index (χ0v) is 16.5. The molecule has 153 valence electrons. The van der Waals surface area contributed by atoms with E-state index in [1.54, 1.807) is 0 Å². The number of hydrogen-bond donors (Lipinski definition) is 0. The zero-order valence-electron chi connectivity index (χ0n) is 37.5. The molecule has 0 aromatic heterocycles. The molecule has 0 saturated heterocycles. The average Bonchev–Trinajstić information content (AvgIpc) is 3.69. The topological polar surface area (TPSA) is 0 Å². The molecule has 7 rings (SSSR count). The van der Waals surface area contributed by atoms with Gasteiger partial charge < -0.3 is 0 Å². The van der Waals surface area contributed by atoms with Gasteiger partial charge in [-0.25, -0.2) is 0 Å². The summed E-state index contributed by atoms with van der Waals surface area (Å²) in [5, 5.41) is 0. The quantitative estimate of drug-likeness (QED) is 0.255. The van der Waals surface area contributed by atoms with Gasteiger partial charge in [-0.15, -0.1) is 0 Å². The molecule has 33 heavy (non-hydrogen) atoms. The highest BCUT2D eigenvalue weighted by Gasteiger charge is 2.36. The number of allylic oxidation sites excluding steroid dienone is 1.